The molecule has 3 rings (SSSR count). The summed E-state index contributed by atoms with van der Waals surface area (Å²) < 4.78 is 60.4. The Morgan fingerprint density at radius 2 is 1.98 bits per heavy atom. The number of hydrogen-bond donors (Lipinski definition) is 3. The highest BCUT2D eigenvalue weighted by Crippen LogP contribution is 2.35. The van der Waals surface area contributed by atoms with Crippen LogP contribution in [0.15, 0.2) is 35.9 Å². The third-order valence-corrected chi connectivity index (χ3v) is 7.32. The van der Waals surface area contributed by atoms with Crippen LogP contribution >= 0.6 is 0 Å². The quantitative estimate of drug-likeness (QED) is 0.181. The number of amides is 2. The number of nitrogens with one attached hydrogen (secondary N) is 1. The summed E-state index contributed by atoms with van der Waals surface area (Å²) in [5.41, 5.74) is -2.25. The van der Waals surface area contributed by atoms with Crippen molar-refractivity contribution in [3.63, 3.8) is 0 Å². The van der Waals surface area contributed by atoms with Gasteiger partial charge in [-0.05, 0) is 51.0 Å². The number of nitriles is 1. The number of carbonyl (C=O) groups is 2. The van der Waals surface area contributed by atoms with Crippen molar-refractivity contribution < 1.29 is 41.9 Å². The van der Waals surface area contributed by atoms with Crippen LogP contribution < -0.4 is 5.32 Å². The lowest BCUT2D eigenvalue weighted by Gasteiger charge is -2.36. The topological polar surface area (TPSA) is 126 Å². The second kappa shape index (κ2) is 12.2. The highest BCUT2D eigenvalue weighted by Gasteiger charge is 2.48. The Hall–Kier alpha value is -3.15. The highest BCUT2D eigenvalue weighted by atomic mass is 19.3. The summed E-state index contributed by atoms with van der Waals surface area (Å²) in [6.07, 6.45) is -1.85. The van der Waals surface area contributed by atoms with E-state index in [-0.39, 0.29) is 37.9 Å². The first-order valence-corrected chi connectivity index (χ1v) is 12.8. The predicted octanol–water partition coefficient (Wildman–Crippen LogP) is 2.37. The zero-order valence-corrected chi connectivity index (χ0v) is 22.5. The molecular formula is C26H33BF4N4O5. The fourth-order valence-electron chi connectivity index (χ4n) is 5.01. The average molecular weight is 568 g/mol. The van der Waals surface area contributed by atoms with E-state index in [1.54, 1.807) is 19.9 Å². The molecular weight excluding hydrogens is 535 g/mol. The van der Waals surface area contributed by atoms with Gasteiger partial charge in [0.1, 0.15) is 30.2 Å². The van der Waals surface area contributed by atoms with Crippen LogP contribution in [-0.4, -0.2) is 94.3 Å². The van der Waals surface area contributed by atoms with E-state index in [1.165, 1.54) is 42.2 Å². The molecule has 1 aromatic carbocycles. The minimum atomic E-state index is -2.88. The maximum Gasteiger partial charge on any atom is 0.475 e. The number of rotatable bonds is 9. The second-order valence-electron chi connectivity index (χ2n) is 11.1. The average Bonchev–Trinajstić information content (AvgIpc) is 3.40. The summed E-state index contributed by atoms with van der Waals surface area (Å²) in [5, 5.41) is 31.4. The Kier molecular flexibility index (Phi) is 9.54. The van der Waals surface area contributed by atoms with Crippen molar-refractivity contribution in [1.82, 2.24) is 15.1 Å². The lowest BCUT2D eigenvalue weighted by atomic mass is 9.76. The van der Waals surface area contributed by atoms with Gasteiger partial charge in [-0.2, -0.15) is 5.26 Å². The SMILES string of the molecule is CC(C)(C=C(C#N)C(=O)N1C[C@@H](F)C[C@]1(C)COC(=O)N[C@@H](Cc1ccc(F)cc1)B(O)O)N1CCC(F)(F)C1. The summed E-state index contributed by atoms with van der Waals surface area (Å²) in [5.74, 6) is -5.40. The number of likely N-dealkylation sites (tertiary alicyclic amines) is 2. The van der Waals surface area contributed by atoms with Gasteiger partial charge in [0.15, 0.2) is 0 Å². The number of alkyl halides is 3. The monoisotopic (exact) mass is 568 g/mol. The molecule has 3 N–H and O–H groups in total. The zero-order valence-electron chi connectivity index (χ0n) is 22.5. The lowest BCUT2D eigenvalue weighted by Crippen LogP contribution is -2.52. The molecule has 0 saturated carbocycles. The molecule has 2 fully saturated rings. The van der Waals surface area contributed by atoms with Gasteiger partial charge < -0.3 is 25.0 Å². The van der Waals surface area contributed by atoms with E-state index in [0.717, 1.165) is 4.90 Å². The van der Waals surface area contributed by atoms with Gasteiger partial charge in [0.25, 0.3) is 11.8 Å². The summed E-state index contributed by atoms with van der Waals surface area (Å²) >= 11 is 0. The van der Waals surface area contributed by atoms with Crippen LogP contribution in [0.5, 0.6) is 0 Å². The predicted molar refractivity (Wildman–Crippen MR) is 137 cm³/mol. The molecule has 1 aromatic rings. The largest absolute Gasteiger partial charge is 0.475 e. The second-order valence-corrected chi connectivity index (χ2v) is 11.1. The number of benzene rings is 1. The zero-order chi connectivity index (χ0) is 29.9. The number of alkyl carbamates (subject to hydrolysis) is 1. The van der Waals surface area contributed by atoms with E-state index in [4.69, 9.17) is 4.74 Å². The molecule has 0 radical (unpaired) electrons. The summed E-state index contributed by atoms with van der Waals surface area (Å²) in [7, 11) is -1.98. The number of nitrogens with zero attached hydrogens (tertiary/aromatic N) is 3. The van der Waals surface area contributed by atoms with Crippen molar-refractivity contribution in [1.29, 1.82) is 5.26 Å². The smallest absolute Gasteiger partial charge is 0.447 e. The third kappa shape index (κ3) is 7.74. The molecule has 2 heterocycles. The first kappa shape index (κ1) is 31.4. The van der Waals surface area contributed by atoms with E-state index in [9.17, 15) is 42.5 Å². The van der Waals surface area contributed by atoms with Gasteiger partial charge in [-0.1, -0.05) is 12.1 Å². The Labute approximate surface area is 230 Å². The first-order chi connectivity index (χ1) is 18.5. The van der Waals surface area contributed by atoms with Gasteiger partial charge in [-0.15, -0.1) is 0 Å². The van der Waals surface area contributed by atoms with Crippen molar-refractivity contribution in [3.05, 3.63) is 47.3 Å². The molecule has 0 unspecified atom stereocenters. The standard InChI is InChI=1S/C26H33BF4N4O5/c1-24(2,34-9-8-26(30,31)15-34)11-18(13-32)22(36)35-14-20(29)12-25(35,3)16-40-23(37)33-21(27(38)39)10-17-4-6-19(28)7-5-17/h4-7,11,20-21,38-39H,8-10,12,14-16H2,1-3H3,(H,33,37)/t20-,21-,25+/m0/s1. The maximum absolute atomic E-state index is 14.5. The molecule has 218 valence electrons. The molecule has 0 aromatic heterocycles. The molecule has 0 bridgehead atoms. The van der Waals surface area contributed by atoms with Gasteiger partial charge in [0.05, 0.1) is 24.6 Å². The van der Waals surface area contributed by atoms with Crippen LogP contribution in [0.1, 0.15) is 39.2 Å². The van der Waals surface area contributed by atoms with Crippen LogP contribution in [0.4, 0.5) is 22.4 Å². The molecule has 40 heavy (non-hydrogen) atoms. The summed E-state index contributed by atoms with van der Waals surface area (Å²) in [4.78, 5) is 28.4. The van der Waals surface area contributed by atoms with E-state index in [2.05, 4.69) is 5.32 Å². The van der Waals surface area contributed by atoms with Crippen LogP contribution in [0.25, 0.3) is 0 Å². The summed E-state index contributed by atoms with van der Waals surface area (Å²) in [6, 6.07) is 6.99. The Morgan fingerprint density at radius 3 is 2.52 bits per heavy atom. The fraction of sp³-hybridized carbons (Fsp3) is 0.577. The molecule has 2 aliphatic heterocycles. The van der Waals surface area contributed by atoms with Crippen molar-refractivity contribution in [2.24, 2.45) is 0 Å². The Balaban J connectivity index is 1.68. The van der Waals surface area contributed by atoms with Gasteiger partial charge in [0.2, 0.25) is 0 Å². The third-order valence-electron chi connectivity index (χ3n) is 7.32. The number of hydrogen-bond acceptors (Lipinski definition) is 7. The molecule has 2 amide bonds. The molecule has 2 aliphatic rings. The number of carbonyl (C=O) groups excluding carboxylic acids is 2. The van der Waals surface area contributed by atoms with Crippen molar-refractivity contribution in [2.75, 3.05) is 26.2 Å². The minimum Gasteiger partial charge on any atom is -0.447 e. The normalized spacial score (nSPS) is 23.9. The molecule has 14 heteroatoms. The van der Waals surface area contributed by atoms with Crippen LogP contribution in [-0.2, 0) is 16.0 Å². The van der Waals surface area contributed by atoms with Gasteiger partial charge in [-0.3, -0.25) is 9.69 Å². The summed E-state index contributed by atoms with van der Waals surface area (Å²) in [6.45, 7) is 3.39. The van der Waals surface area contributed by atoms with Crippen molar-refractivity contribution in [2.45, 2.75) is 69.1 Å². The fourth-order valence-corrected chi connectivity index (χ4v) is 5.01. The molecule has 0 spiro atoms. The van der Waals surface area contributed by atoms with E-state index in [1.807, 2.05) is 0 Å². The molecule has 2 saturated heterocycles. The van der Waals surface area contributed by atoms with E-state index in [0.29, 0.717) is 5.56 Å². The van der Waals surface area contributed by atoms with Crippen molar-refractivity contribution >= 4 is 19.1 Å². The maximum atomic E-state index is 14.5. The van der Waals surface area contributed by atoms with Gasteiger partial charge in [0, 0.05) is 24.9 Å². The Bertz CT molecular complexity index is 1160. The van der Waals surface area contributed by atoms with E-state index >= 15 is 0 Å². The van der Waals surface area contributed by atoms with Crippen molar-refractivity contribution in [3.8, 4) is 6.07 Å². The van der Waals surface area contributed by atoms with Gasteiger partial charge >= 0.3 is 13.2 Å². The number of halogens is 4. The van der Waals surface area contributed by atoms with Crippen LogP contribution in [0, 0.1) is 17.1 Å². The van der Waals surface area contributed by atoms with E-state index < -0.39 is 67.2 Å². The number of ether oxygens (including phenoxy) is 1. The Morgan fingerprint density at radius 1 is 1.32 bits per heavy atom. The first-order valence-electron chi connectivity index (χ1n) is 12.8. The minimum absolute atomic E-state index is 0.0590. The van der Waals surface area contributed by atoms with Gasteiger partial charge in [-0.25, -0.2) is 22.4 Å². The van der Waals surface area contributed by atoms with Crippen LogP contribution in [0.2, 0.25) is 0 Å². The molecule has 3 atom stereocenters. The lowest BCUT2D eigenvalue weighted by molar-refractivity contribution is -0.131. The highest BCUT2D eigenvalue weighted by molar-refractivity contribution is 6.43. The van der Waals surface area contributed by atoms with Crippen LogP contribution in [0.3, 0.4) is 0 Å². The molecule has 0 aliphatic carbocycles. The molecule has 9 nitrogen and oxygen atoms in total.